The van der Waals surface area contributed by atoms with Gasteiger partial charge in [-0.15, -0.1) is 0 Å². The summed E-state index contributed by atoms with van der Waals surface area (Å²) in [7, 11) is 0. The number of aromatic nitrogens is 4. The maximum Gasteiger partial charge on any atom is 0.416 e. The Labute approximate surface area is 174 Å². The molecule has 0 atom stereocenters. The molecule has 160 valence electrons. The molecule has 12 heteroatoms. The maximum atomic E-state index is 12.8. The summed E-state index contributed by atoms with van der Waals surface area (Å²) in [6.07, 6.45) is 1.95. The number of nitrogens with two attached hydrogens (primary N) is 1. The van der Waals surface area contributed by atoms with E-state index in [-0.39, 0.29) is 23.6 Å². The second-order valence-electron chi connectivity index (χ2n) is 6.44. The van der Waals surface area contributed by atoms with E-state index in [0.717, 1.165) is 18.3 Å². The highest BCUT2D eigenvalue weighted by molar-refractivity contribution is 6.04. The smallest absolute Gasteiger partial charge is 0.307 e. The van der Waals surface area contributed by atoms with Crippen LogP contribution in [-0.4, -0.2) is 38.1 Å². The van der Waals surface area contributed by atoms with E-state index in [1.807, 2.05) is 0 Å². The fraction of sp³-hybridized carbons (Fsp3) is 0.158. The molecule has 1 amide bonds. The number of amides is 1. The third-order valence-electron chi connectivity index (χ3n) is 4.20. The van der Waals surface area contributed by atoms with Crippen molar-refractivity contribution in [3.05, 3.63) is 71.7 Å². The van der Waals surface area contributed by atoms with Gasteiger partial charge in [-0.1, -0.05) is 0 Å². The van der Waals surface area contributed by atoms with E-state index in [9.17, 15) is 18.0 Å². The number of pyridine rings is 2. The quantitative estimate of drug-likeness (QED) is 0.311. The molecular weight excluding hydrogens is 413 g/mol. The maximum absolute atomic E-state index is 12.8. The van der Waals surface area contributed by atoms with Crippen LogP contribution in [0, 0.1) is 12.3 Å². The predicted molar refractivity (Wildman–Crippen MR) is 107 cm³/mol. The van der Waals surface area contributed by atoms with Crippen molar-refractivity contribution in [3.8, 4) is 0 Å². The number of alkyl halides is 3. The van der Waals surface area contributed by atoms with Crippen molar-refractivity contribution in [2.75, 3.05) is 16.9 Å². The molecule has 0 radical (unpaired) electrons. The van der Waals surface area contributed by atoms with Gasteiger partial charge in [-0.25, -0.2) is 20.8 Å². The number of aryl methyl sites for hydroxylation is 1. The van der Waals surface area contributed by atoms with Gasteiger partial charge < -0.3 is 15.7 Å². The Balaban J connectivity index is 1.77. The summed E-state index contributed by atoms with van der Waals surface area (Å²) in [5.74, 6) is 5.11. The first-order chi connectivity index (χ1) is 14.6. The van der Waals surface area contributed by atoms with E-state index in [0.29, 0.717) is 16.9 Å². The third-order valence-corrected chi connectivity index (χ3v) is 4.20. The number of anilines is 2. The first-order valence-corrected chi connectivity index (χ1v) is 8.81. The van der Waals surface area contributed by atoms with Crippen molar-refractivity contribution < 1.29 is 18.0 Å². The number of halogens is 3. The summed E-state index contributed by atoms with van der Waals surface area (Å²) in [6, 6.07) is 2.97. The molecule has 0 bridgehead atoms. The van der Waals surface area contributed by atoms with Crippen LogP contribution < -0.4 is 16.2 Å². The van der Waals surface area contributed by atoms with E-state index in [1.54, 1.807) is 6.92 Å². The van der Waals surface area contributed by atoms with Crippen LogP contribution in [0.4, 0.5) is 24.7 Å². The van der Waals surface area contributed by atoms with Gasteiger partial charge in [0.05, 0.1) is 34.8 Å². The normalized spacial score (nSPS) is 11.1. The lowest BCUT2D eigenvalue weighted by Crippen LogP contribution is -2.37. The van der Waals surface area contributed by atoms with Gasteiger partial charge in [0, 0.05) is 30.4 Å². The highest BCUT2D eigenvalue weighted by Gasteiger charge is 2.31. The van der Waals surface area contributed by atoms with Crippen LogP contribution in [0.2, 0.25) is 0 Å². The van der Waals surface area contributed by atoms with Crippen molar-refractivity contribution in [2.45, 2.75) is 13.1 Å². The van der Waals surface area contributed by atoms with Crippen LogP contribution in [0.1, 0.15) is 27.2 Å². The van der Waals surface area contributed by atoms with Gasteiger partial charge in [0.1, 0.15) is 12.1 Å². The summed E-state index contributed by atoms with van der Waals surface area (Å²) in [4.78, 5) is 28.1. The van der Waals surface area contributed by atoms with Crippen molar-refractivity contribution in [3.63, 3.8) is 0 Å². The number of carbonyl (C=O) groups excluding carboxylic acids is 1. The largest absolute Gasteiger partial charge is 0.416 e. The Morgan fingerprint density at radius 3 is 2.55 bits per heavy atom. The first kappa shape index (κ1) is 21.8. The standard InChI is InChI=1S/C19H17F3N8O/c1-11-16(30(24)9-15(23)13-6-25-10-26-7-13)4-12(8-28-11)18(31)29-17-5-14(2-3-27-17)19(20,21)22/h2-8,10,23H,9,24H2,1H3,(H,27,29,31). The van der Waals surface area contributed by atoms with Crippen LogP contribution in [-0.2, 0) is 6.18 Å². The molecule has 0 aromatic carbocycles. The number of hydrogen-bond acceptors (Lipinski definition) is 8. The molecule has 3 aromatic rings. The van der Waals surface area contributed by atoms with E-state index in [4.69, 9.17) is 11.3 Å². The van der Waals surface area contributed by atoms with Gasteiger partial charge in [0.25, 0.3) is 5.91 Å². The lowest BCUT2D eigenvalue weighted by molar-refractivity contribution is -0.137. The van der Waals surface area contributed by atoms with Crippen LogP contribution in [0.15, 0.2) is 49.3 Å². The van der Waals surface area contributed by atoms with Gasteiger partial charge in [-0.2, -0.15) is 13.2 Å². The monoisotopic (exact) mass is 430 g/mol. The molecule has 0 aliphatic heterocycles. The van der Waals surface area contributed by atoms with E-state index < -0.39 is 17.6 Å². The molecule has 0 spiro atoms. The third kappa shape index (κ3) is 5.36. The molecule has 31 heavy (non-hydrogen) atoms. The highest BCUT2D eigenvalue weighted by atomic mass is 19.4. The van der Waals surface area contributed by atoms with Crippen molar-refractivity contribution in [1.29, 1.82) is 5.41 Å². The zero-order valence-electron chi connectivity index (χ0n) is 16.2. The zero-order chi connectivity index (χ0) is 22.6. The van der Waals surface area contributed by atoms with E-state index in [1.165, 1.54) is 36.0 Å². The Morgan fingerprint density at radius 2 is 1.87 bits per heavy atom. The zero-order valence-corrected chi connectivity index (χ0v) is 16.2. The minimum absolute atomic E-state index is 0.0177. The molecule has 3 rings (SSSR count). The molecule has 3 heterocycles. The van der Waals surface area contributed by atoms with Gasteiger partial charge in [-0.3, -0.25) is 9.78 Å². The molecule has 0 unspecified atom stereocenters. The minimum Gasteiger partial charge on any atom is -0.307 e. The fourth-order valence-corrected chi connectivity index (χ4v) is 2.60. The number of carbonyl (C=O) groups is 1. The molecule has 0 saturated carbocycles. The van der Waals surface area contributed by atoms with E-state index in [2.05, 4.69) is 25.3 Å². The van der Waals surface area contributed by atoms with Gasteiger partial charge >= 0.3 is 6.18 Å². The summed E-state index contributed by atoms with van der Waals surface area (Å²) in [6.45, 7) is 1.65. The fourth-order valence-electron chi connectivity index (χ4n) is 2.60. The van der Waals surface area contributed by atoms with Crippen molar-refractivity contribution in [2.24, 2.45) is 5.84 Å². The summed E-state index contributed by atoms with van der Waals surface area (Å²) in [5, 5.41) is 11.7. The van der Waals surface area contributed by atoms with Gasteiger partial charge in [0.2, 0.25) is 0 Å². The summed E-state index contributed by atoms with van der Waals surface area (Å²) in [5.41, 5.74) is 0.611. The average Bonchev–Trinajstić information content (AvgIpc) is 2.74. The SMILES string of the molecule is Cc1ncc(C(=O)Nc2cc(C(F)(F)F)ccn2)cc1N(N)CC(=N)c1cncnc1. The van der Waals surface area contributed by atoms with Crippen LogP contribution in [0.3, 0.4) is 0 Å². The predicted octanol–water partition coefficient (Wildman–Crippen LogP) is 2.59. The second-order valence-corrected chi connectivity index (χ2v) is 6.44. The lowest BCUT2D eigenvalue weighted by Gasteiger charge is -2.21. The van der Waals surface area contributed by atoms with E-state index >= 15 is 0 Å². The van der Waals surface area contributed by atoms with Crippen molar-refractivity contribution in [1.82, 2.24) is 19.9 Å². The number of rotatable bonds is 6. The Bertz CT molecular complexity index is 1100. The van der Waals surface area contributed by atoms with Crippen LogP contribution in [0.25, 0.3) is 0 Å². The number of hydrogen-bond donors (Lipinski definition) is 3. The second kappa shape index (κ2) is 8.83. The average molecular weight is 430 g/mol. The minimum atomic E-state index is -4.56. The number of nitrogens with zero attached hydrogens (tertiary/aromatic N) is 5. The highest BCUT2D eigenvalue weighted by Crippen LogP contribution is 2.30. The summed E-state index contributed by atoms with van der Waals surface area (Å²) >= 11 is 0. The molecule has 0 fully saturated rings. The van der Waals surface area contributed by atoms with Crippen molar-refractivity contribution >= 4 is 23.1 Å². The topological polar surface area (TPSA) is 134 Å². The van der Waals surface area contributed by atoms with Gasteiger partial charge in [-0.05, 0) is 25.1 Å². The molecule has 0 aliphatic rings. The number of hydrazine groups is 1. The van der Waals surface area contributed by atoms with Crippen LogP contribution in [0.5, 0.6) is 0 Å². The lowest BCUT2D eigenvalue weighted by atomic mass is 10.1. The molecule has 9 nitrogen and oxygen atoms in total. The Kier molecular flexibility index (Phi) is 6.20. The summed E-state index contributed by atoms with van der Waals surface area (Å²) < 4.78 is 38.5. The van der Waals surface area contributed by atoms with Crippen LogP contribution >= 0.6 is 0 Å². The molecular formula is C19H17F3N8O. The molecule has 0 aliphatic carbocycles. The van der Waals surface area contributed by atoms with Gasteiger partial charge in [0.15, 0.2) is 0 Å². The molecule has 4 N–H and O–H groups in total. The Morgan fingerprint density at radius 1 is 1.16 bits per heavy atom. The molecule has 3 aromatic heterocycles. The first-order valence-electron chi connectivity index (χ1n) is 8.81. The number of nitrogens with one attached hydrogen (secondary N) is 2. The Hall–Kier alpha value is -3.93. The molecule has 0 saturated heterocycles.